The summed E-state index contributed by atoms with van der Waals surface area (Å²) in [5, 5.41) is 45.9. The average Bonchev–Trinajstić information content (AvgIpc) is 2.86. The minimum absolute atomic E-state index is 0.0377. The van der Waals surface area contributed by atoms with Crippen LogP contribution < -0.4 is 11.1 Å². The summed E-state index contributed by atoms with van der Waals surface area (Å²) >= 11 is 0. The number of fused-ring (bicyclic) bond motifs is 3. The van der Waals surface area contributed by atoms with Gasteiger partial charge in [-0.15, -0.1) is 0 Å². The summed E-state index contributed by atoms with van der Waals surface area (Å²) < 4.78 is 0. The first-order valence-electron chi connectivity index (χ1n) is 12.1. The van der Waals surface area contributed by atoms with Crippen molar-refractivity contribution in [2.75, 3.05) is 5.32 Å². The van der Waals surface area contributed by atoms with Gasteiger partial charge in [0.05, 0.1) is 5.56 Å². The molecular formula is C29H24N2O8. The summed E-state index contributed by atoms with van der Waals surface area (Å²) in [6.07, 6.45) is -0.0963. The van der Waals surface area contributed by atoms with Crippen LogP contribution in [0.5, 0.6) is 5.75 Å². The number of aromatic hydroxyl groups is 1. The van der Waals surface area contributed by atoms with Gasteiger partial charge in [0.1, 0.15) is 22.8 Å². The standard InChI is InChI=1S/C29H24N2O8/c1-13(32)31-18-7-3-14(4-8-18)2-5-15-6-9-20(33)23-19(15)11-16-10-17-12-21(34)24(28(30)38)27(37)29(17,39)26(36)22(16)25(23)35/h3-4,6-9,16-17,33-34,36,39H,10-12H2,1H3,(H2,30,38)(H,31,32)/t16-,17+,29+/m1/s1. The van der Waals surface area contributed by atoms with Crippen molar-refractivity contribution in [2.24, 2.45) is 17.6 Å². The Labute approximate surface area is 222 Å². The lowest BCUT2D eigenvalue weighted by atomic mass is 9.60. The number of nitrogens with two attached hydrogens (primary N) is 1. The van der Waals surface area contributed by atoms with Crippen LogP contribution in [0, 0.1) is 23.7 Å². The Kier molecular flexibility index (Phi) is 6.04. The molecule has 2 amide bonds. The first-order chi connectivity index (χ1) is 18.4. The molecule has 0 fully saturated rings. The van der Waals surface area contributed by atoms with E-state index in [2.05, 4.69) is 17.2 Å². The van der Waals surface area contributed by atoms with Gasteiger partial charge in [-0.2, -0.15) is 0 Å². The van der Waals surface area contributed by atoms with Crippen LogP contribution in [-0.4, -0.2) is 49.4 Å². The zero-order chi connectivity index (χ0) is 28.2. The molecule has 0 bridgehead atoms. The summed E-state index contributed by atoms with van der Waals surface area (Å²) in [7, 11) is 0. The number of Topliss-reactive ketones (excluding diaryl/α,β-unsaturated/α-hetero) is 2. The predicted octanol–water partition coefficient (Wildman–Crippen LogP) is 1.94. The molecule has 0 spiro atoms. The third-order valence-electron chi connectivity index (χ3n) is 7.49. The third kappa shape index (κ3) is 4.04. The van der Waals surface area contributed by atoms with Crippen molar-refractivity contribution in [1.82, 2.24) is 0 Å². The van der Waals surface area contributed by atoms with E-state index in [1.54, 1.807) is 30.3 Å². The van der Waals surface area contributed by atoms with Crippen molar-refractivity contribution in [2.45, 2.75) is 31.8 Å². The van der Waals surface area contributed by atoms with Crippen molar-refractivity contribution in [1.29, 1.82) is 0 Å². The number of hydrogen-bond acceptors (Lipinski definition) is 8. The Morgan fingerprint density at radius 1 is 1.03 bits per heavy atom. The highest BCUT2D eigenvalue weighted by molar-refractivity contribution is 6.24. The summed E-state index contributed by atoms with van der Waals surface area (Å²) in [5.74, 6) is -0.945. The van der Waals surface area contributed by atoms with Crippen LogP contribution in [-0.2, 0) is 20.8 Å². The van der Waals surface area contributed by atoms with Gasteiger partial charge in [0.15, 0.2) is 11.4 Å². The van der Waals surface area contributed by atoms with Crippen LogP contribution >= 0.6 is 0 Å². The fourth-order valence-electron chi connectivity index (χ4n) is 5.72. The average molecular weight is 529 g/mol. The monoisotopic (exact) mass is 528 g/mol. The molecule has 3 atom stereocenters. The number of phenols is 1. The second kappa shape index (κ2) is 9.15. The second-order valence-corrected chi connectivity index (χ2v) is 9.90. The highest BCUT2D eigenvalue weighted by Crippen LogP contribution is 2.51. The van der Waals surface area contributed by atoms with E-state index < -0.39 is 52.0 Å². The quantitative estimate of drug-likeness (QED) is 0.252. The van der Waals surface area contributed by atoms with Gasteiger partial charge in [-0.25, -0.2) is 0 Å². The molecule has 3 aliphatic carbocycles. The summed E-state index contributed by atoms with van der Waals surface area (Å²) in [5.41, 5.74) is 3.65. The molecule has 39 heavy (non-hydrogen) atoms. The highest BCUT2D eigenvalue weighted by Gasteiger charge is 2.59. The van der Waals surface area contributed by atoms with E-state index in [4.69, 9.17) is 5.73 Å². The number of rotatable bonds is 2. The number of carbonyl (C=O) groups excluding carboxylic acids is 4. The first-order valence-corrected chi connectivity index (χ1v) is 12.1. The maximum atomic E-state index is 13.6. The third-order valence-corrected chi connectivity index (χ3v) is 7.49. The van der Waals surface area contributed by atoms with E-state index in [1.807, 2.05) is 0 Å². The van der Waals surface area contributed by atoms with E-state index in [9.17, 15) is 39.6 Å². The summed E-state index contributed by atoms with van der Waals surface area (Å²) in [6.45, 7) is 1.40. The van der Waals surface area contributed by atoms with E-state index in [0.717, 1.165) is 0 Å². The van der Waals surface area contributed by atoms with Gasteiger partial charge in [-0.05, 0) is 60.7 Å². The molecule has 2 aromatic carbocycles. The Morgan fingerprint density at radius 3 is 2.36 bits per heavy atom. The SMILES string of the molecule is CC(=O)Nc1ccc(C#Cc2ccc(O)c3c2C[C@H]2C[C@H]4CC(O)=C(C(N)=O)C(=O)[C@@]4(O)C(O)=C2C3=O)cc1. The first kappa shape index (κ1) is 25.8. The number of hydrogen-bond donors (Lipinski definition) is 6. The van der Waals surface area contributed by atoms with Crippen LogP contribution in [0.2, 0.25) is 0 Å². The molecule has 7 N–H and O–H groups in total. The molecular weight excluding hydrogens is 504 g/mol. The Bertz CT molecular complexity index is 1610. The molecule has 198 valence electrons. The molecule has 5 rings (SSSR count). The minimum Gasteiger partial charge on any atom is -0.511 e. The summed E-state index contributed by atoms with van der Waals surface area (Å²) in [4.78, 5) is 49.6. The van der Waals surface area contributed by atoms with E-state index in [-0.39, 0.29) is 42.1 Å². The van der Waals surface area contributed by atoms with Gasteiger partial charge in [0.25, 0.3) is 5.91 Å². The van der Waals surface area contributed by atoms with Crippen molar-refractivity contribution in [3.05, 3.63) is 81.3 Å². The number of amides is 2. The molecule has 0 unspecified atom stereocenters. The number of aliphatic hydroxyl groups excluding tert-OH is 2. The van der Waals surface area contributed by atoms with E-state index >= 15 is 0 Å². The van der Waals surface area contributed by atoms with Gasteiger partial charge >= 0.3 is 0 Å². The molecule has 0 radical (unpaired) electrons. The second-order valence-electron chi connectivity index (χ2n) is 9.90. The number of ketones is 2. The molecule has 10 nitrogen and oxygen atoms in total. The van der Waals surface area contributed by atoms with Crippen LogP contribution in [0.3, 0.4) is 0 Å². The Morgan fingerprint density at radius 2 is 1.72 bits per heavy atom. The molecule has 0 saturated carbocycles. The number of benzene rings is 2. The number of phenolic OH excluding ortho intramolecular Hbond substituents is 1. The van der Waals surface area contributed by atoms with E-state index in [1.165, 1.54) is 13.0 Å². The molecule has 10 heteroatoms. The number of carbonyl (C=O) groups is 4. The summed E-state index contributed by atoms with van der Waals surface area (Å²) in [6, 6.07) is 9.71. The van der Waals surface area contributed by atoms with E-state index in [0.29, 0.717) is 22.4 Å². The molecule has 3 aliphatic rings. The lowest BCUT2D eigenvalue weighted by Crippen LogP contribution is -2.57. The Balaban J connectivity index is 1.55. The largest absolute Gasteiger partial charge is 0.511 e. The highest BCUT2D eigenvalue weighted by atomic mass is 16.3. The van der Waals surface area contributed by atoms with Crippen LogP contribution in [0.15, 0.2) is 59.1 Å². The smallest absolute Gasteiger partial charge is 0.255 e. The number of allylic oxidation sites excluding steroid dienone is 2. The topological polar surface area (TPSA) is 187 Å². The van der Waals surface area contributed by atoms with Crippen molar-refractivity contribution in [3.63, 3.8) is 0 Å². The lowest BCUT2D eigenvalue weighted by molar-refractivity contribution is -0.144. The van der Waals surface area contributed by atoms with Gasteiger partial charge in [-0.1, -0.05) is 11.8 Å². The molecule has 0 aromatic heterocycles. The number of nitrogens with one attached hydrogen (secondary N) is 1. The van der Waals surface area contributed by atoms with Crippen molar-refractivity contribution < 1.29 is 39.6 Å². The maximum Gasteiger partial charge on any atom is 0.255 e. The van der Waals surface area contributed by atoms with Crippen LogP contribution in [0.25, 0.3) is 0 Å². The number of primary amides is 1. The number of aliphatic hydroxyl groups is 3. The van der Waals surface area contributed by atoms with Crippen molar-refractivity contribution in [3.8, 4) is 17.6 Å². The fraction of sp³-hybridized carbons (Fsp3) is 0.241. The normalized spacial score (nSPS) is 23.7. The zero-order valence-corrected chi connectivity index (χ0v) is 20.7. The lowest BCUT2D eigenvalue weighted by Gasteiger charge is -2.45. The Hall–Kier alpha value is -4.88. The number of anilines is 1. The van der Waals surface area contributed by atoms with Gasteiger partial charge in [0.2, 0.25) is 11.7 Å². The van der Waals surface area contributed by atoms with Gasteiger partial charge < -0.3 is 31.5 Å². The molecule has 0 heterocycles. The molecule has 2 aromatic rings. The van der Waals surface area contributed by atoms with Gasteiger partial charge in [0, 0.05) is 41.6 Å². The fourth-order valence-corrected chi connectivity index (χ4v) is 5.72. The predicted molar refractivity (Wildman–Crippen MR) is 138 cm³/mol. The maximum absolute atomic E-state index is 13.6. The van der Waals surface area contributed by atoms with Crippen LogP contribution in [0.4, 0.5) is 5.69 Å². The van der Waals surface area contributed by atoms with Gasteiger partial charge in [-0.3, -0.25) is 19.2 Å². The molecule has 0 saturated heterocycles. The molecule has 0 aliphatic heterocycles. The van der Waals surface area contributed by atoms with Crippen molar-refractivity contribution >= 4 is 29.1 Å². The minimum atomic E-state index is -2.61. The van der Waals surface area contributed by atoms with Crippen LogP contribution in [0.1, 0.15) is 46.8 Å². The zero-order valence-electron chi connectivity index (χ0n) is 20.7.